The summed E-state index contributed by atoms with van der Waals surface area (Å²) < 4.78 is 6.67. The fraction of sp³-hybridized carbons (Fsp3) is 0.938. The van der Waals surface area contributed by atoms with Gasteiger partial charge in [0.15, 0.2) is 8.32 Å². The van der Waals surface area contributed by atoms with E-state index in [-0.39, 0.29) is 16.4 Å². The van der Waals surface area contributed by atoms with Crippen LogP contribution in [0.2, 0.25) is 18.1 Å². The van der Waals surface area contributed by atoms with Crippen molar-refractivity contribution in [1.29, 1.82) is 0 Å². The fourth-order valence-electron chi connectivity index (χ4n) is 3.61. The van der Waals surface area contributed by atoms with Gasteiger partial charge in [-0.15, -0.1) is 0 Å². The van der Waals surface area contributed by atoms with Crippen molar-refractivity contribution in [2.75, 3.05) is 0 Å². The van der Waals surface area contributed by atoms with Crippen LogP contribution in [0.5, 0.6) is 0 Å². The summed E-state index contributed by atoms with van der Waals surface area (Å²) in [5.74, 6) is 0.770. The highest BCUT2D eigenvalue weighted by Gasteiger charge is 2.54. The van der Waals surface area contributed by atoms with Gasteiger partial charge in [-0.05, 0) is 43.8 Å². The number of fused-ring (bicyclic) bond motifs is 1. The second-order valence-corrected chi connectivity index (χ2v) is 13.1. The molecule has 3 heteroatoms. The van der Waals surface area contributed by atoms with Crippen LogP contribution in [0.25, 0.3) is 0 Å². The van der Waals surface area contributed by atoms with Crippen molar-refractivity contribution in [3.05, 3.63) is 0 Å². The van der Waals surface area contributed by atoms with Gasteiger partial charge in [-0.2, -0.15) is 0 Å². The standard InChI is InChI=1S/C16H30O2Si/c1-15(2,3)19(5,6)18-14-10-9-12-13(17)8-7-11-16(12,14)4/h12,14H,7-11H2,1-6H3/t12?,14-,16-/m0/s1. The van der Waals surface area contributed by atoms with E-state index in [2.05, 4.69) is 40.8 Å². The van der Waals surface area contributed by atoms with Crippen LogP contribution in [-0.4, -0.2) is 20.2 Å². The van der Waals surface area contributed by atoms with Gasteiger partial charge >= 0.3 is 0 Å². The molecule has 0 spiro atoms. The van der Waals surface area contributed by atoms with E-state index in [1.807, 2.05) is 0 Å². The van der Waals surface area contributed by atoms with Gasteiger partial charge in [0.05, 0.1) is 6.10 Å². The molecule has 1 unspecified atom stereocenters. The van der Waals surface area contributed by atoms with Gasteiger partial charge < -0.3 is 4.43 Å². The summed E-state index contributed by atoms with van der Waals surface area (Å²) in [4.78, 5) is 12.1. The van der Waals surface area contributed by atoms with Crippen LogP contribution in [0.1, 0.15) is 59.8 Å². The van der Waals surface area contributed by atoms with E-state index in [0.717, 1.165) is 25.7 Å². The molecule has 2 fully saturated rings. The minimum absolute atomic E-state index is 0.116. The number of carbonyl (C=O) groups is 1. The Labute approximate surface area is 119 Å². The Kier molecular flexibility index (Phi) is 3.77. The Bertz CT molecular complexity index is 369. The number of Topliss-reactive ketones (excluding diaryl/α,β-unsaturated/α-hetero) is 1. The van der Waals surface area contributed by atoms with Gasteiger partial charge in [-0.25, -0.2) is 0 Å². The Morgan fingerprint density at radius 1 is 1.26 bits per heavy atom. The van der Waals surface area contributed by atoms with Crippen LogP contribution in [0.3, 0.4) is 0 Å². The molecule has 2 aliphatic rings. The van der Waals surface area contributed by atoms with Crippen molar-refractivity contribution < 1.29 is 9.22 Å². The van der Waals surface area contributed by atoms with E-state index in [1.165, 1.54) is 6.42 Å². The molecule has 0 aromatic heterocycles. The Hall–Kier alpha value is -0.153. The summed E-state index contributed by atoms with van der Waals surface area (Å²) in [5, 5.41) is 0.250. The Morgan fingerprint density at radius 2 is 1.89 bits per heavy atom. The van der Waals surface area contributed by atoms with Crippen LogP contribution >= 0.6 is 0 Å². The van der Waals surface area contributed by atoms with E-state index in [0.29, 0.717) is 11.9 Å². The number of rotatable bonds is 2. The number of carbonyl (C=O) groups excluding carboxylic acids is 1. The molecule has 0 saturated heterocycles. The predicted molar refractivity (Wildman–Crippen MR) is 81.8 cm³/mol. The van der Waals surface area contributed by atoms with Gasteiger partial charge in [-0.3, -0.25) is 4.79 Å². The molecule has 0 radical (unpaired) electrons. The van der Waals surface area contributed by atoms with Gasteiger partial charge in [-0.1, -0.05) is 27.7 Å². The average molecular weight is 282 g/mol. The highest BCUT2D eigenvalue weighted by Crippen LogP contribution is 2.53. The Balaban J connectivity index is 2.17. The van der Waals surface area contributed by atoms with Gasteiger partial charge in [0.25, 0.3) is 0 Å². The highest BCUT2D eigenvalue weighted by molar-refractivity contribution is 6.74. The molecule has 0 aliphatic heterocycles. The summed E-state index contributed by atoms with van der Waals surface area (Å²) in [6.07, 6.45) is 5.47. The minimum atomic E-state index is -1.73. The maximum atomic E-state index is 12.1. The lowest BCUT2D eigenvalue weighted by molar-refractivity contribution is -0.130. The molecule has 0 N–H and O–H groups in total. The quantitative estimate of drug-likeness (QED) is 0.695. The smallest absolute Gasteiger partial charge is 0.192 e. The van der Waals surface area contributed by atoms with E-state index in [1.54, 1.807) is 0 Å². The Morgan fingerprint density at radius 3 is 2.47 bits per heavy atom. The third kappa shape index (κ3) is 2.56. The number of ketones is 1. The van der Waals surface area contributed by atoms with Gasteiger partial charge in [0, 0.05) is 17.8 Å². The monoisotopic (exact) mass is 282 g/mol. The van der Waals surface area contributed by atoms with E-state index in [9.17, 15) is 4.79 Å². The van der Waals surface area contributed by atoms with Crippen LogP contribution in [-0.2, 0) is 9.22 Å². The summed E-state index contributed by atoms with van der Waals surface area (Å²) in [5.41, 5.74) is 0.116. The van der Waals surface area contributed by atoms with Crippen LogP contribution in [0, 0.1) is 11.3 Å². The zero-order valence-corrected chi connectivity index (χ0v) is 14.5. The summed E-state index contributed by atoms with van der Waals surface area (Å²) in [6.45, 7) is 13.8. The second kappa shape index (κ2) is 4.69. The number of hydrogen-bond donors (Lipinski definition) is 0. The zero-order chi connectivity index (χ0) is 14.5. The van der Waals surface area contributed by atoms with Crippen molar-refractivity contribution >= 4 is 14.1 Å². The molecule has 0 aromatic rings. The van der Waals surface area contributed by atoms with Gasteiger partial charge in [0.1, 0.15) is 5.78 Å². The highest BCUT2D eigenvalue weighted by atomic mass is 28.4. The van der Waals surface area contributed by atoms with Crippen LogP contribution in [0.4, 0.5) is 0 Å². The maximum absolute atomic E-state index is 12.1. The molecule has 3 atom stereocenters. The van der Waals surface area contributed by atoms with Crippen LogP contribution < -0.4 is 0 Å². The van der Waals surface area contributed by atoms with Crippen molar-refractivity contribution in [2.45, 2.75) is 84.0 Å². The molecular weight excluding hydrogens is 252 g/mol. The molecule has 2 rings (SSSR count). The molecular formula is C16H30O2Si. The lowest BCUT2D eigenvalue weighted by atomic mass is 9.68. The minimum Gasteiger partial charge on any atom is -0.413 e. The topological polar surface area (TPSA) is 26.3 Å². The normalized spacial score (nSPS) is 36.4. The first kappa shape index (κ1) is 15.2. The largest absolute Gasteiger partial charge is 0.413 e. The predicted octanol–water partition coefficient (Wildman–Crippen LogP) is 4.55. The molecule has 0 heterocycles. The first-order valence-corrected chi connectivity index (χ1v) is 10.7. The average Bonchev–Trinajstić information content (AvgIpc) is 2.55. The molecule has 2 saturated carbocycles. The zero-order valence-electron chi connectivity index (χ0n) is 13.5. The SMILES string of the molecule is CC(C)(C)[Si](C)(C)O[C@H]1CCC2C(=O)CCC[C@@]21C. The molecule has 0 bridgehead atoms. The molecule has 2 nitrogen and oxygen atoms in total. The third-order valence-corrected chi connectivity index (χ3v) is 10.5. The molecule has 110 valence electrons. The fourth-order valence-corrected chi connectivity index (χ4v) is 5.06. The van der Waals surface area contributed by atoms with E-state index in [4.69, 9.17) is 4.43 Å². The third-order valence-electron chi connectivity index (χ3n) is 6.02. The first-order chi connectivity index (χ1) is 8.58. The summed E-state index contributed by atoms with van der Waals surface area (Å²) >= 11 is 0. The van der Waals surface area contributed by atoms with Crippen molar-refractivity contribution in [1.82, 2.24) is 0 Å². The van der Waals surface area contributed by atoms with E-state index >= 15 is 0 Å². The molecule has 2 aliphatic carbocycles. The maximum Gasteiger partial charge on any atom is 0.192 e. The lowest BCUT2D eigenvalue weighted by Gasteiger charge is -2.45. The molecule has 0 amide bonds. The van der Waals surface area contributed by atoms with Crippen molar-refractivity contribution in [3.63, 3.8) is 0 Å². The first-order valence-electron chi connectivity index (χ1n) is 7.78. The molecule has 0 aromatic carbocycles. The molecule has 19 heavy (non-hydrogen) atoms. The summed E-state index contributed by atoms with van der Waals surface area (Å²) in [6, 6.07) is 0. The van der Waals surface area contributed by atoms with Crippen LogP contribution in [0.15, 0.2) is 0 Å². The van der Waals surface area contributed by atoms with E-state index < -0.39 is 8.32 Å². The number of hydrogen-bond acceptors (Lipinski definition) is 2. The van der Waals surface area contributed by atoms with Crippen molar-refractivity contribution in [3.8, 4) is 0 Å². The van der Waals surface area contributed by atoms with Crippen molar-refractivity contribution in [2.24, 2.45) is 11.3 Å². The lowest BCUT2D eigenvalue weighted by Crippen LogP contribution is -2.49. The summed E-state index contributed by atoms with van der Waals surface area (Å²) in [7, 11) is -1.73. The second-order valence-electron chi connectivity index (χ2n) is 8.32. The van der Waals surface area contributed by atoms with Gasteiger partial charge in [0.2, 0.25) is 0 Å².